The molecular weight excluding hydrogens is 391 g/mol. The Hall–Kier alpha value is -2.62. The van der Waals surface area contributed by atoms with Crippen LogP contribution in [0, 0.1) is 11.6 Å². The molecule has 0 radical (unpaired) electrons. The van der Waals surface area contributed by atoms with Crippen LogP contribution in [0.15, 0.2) is 46.9 Å². The van der Waals surface area contributed by atoms with Crippen LogP contribution in [0.25, 0.3) is 0 Å². The van der Waals surface area contributed by atoms with E-state index in [4.69, 9.17) is 0 Å². The van der Waals surface area contributed by atoms with Crippen molar-refractivity contribution in [3.8, 4) is 5.75 Å². The van der Waals surface area contributed by atoms with E-state index in [-0.39, 0.29) is 23.4 Å². The summed E-state index contributed by atoms with van der Waals surface area (Å²) in [5, 5.41) is 0. The van der Waals surface area contributed by atoms with Gasteiger partial charge in [-0.2, -0.15) is 0 Å². The number of amides is 1. The molecule has 0 aliphatic rings. The third-order valence-corrected chi connectivity index (χ3v) is 3.67. The molecule has 0 N–H and O–H groups in total. The number of benzene rings is 2. The predicted molar refractivity (Wildman–Crippen MR) is 93.0 cm³/mol. The first-order chi connectivity index (χ1) is 12.6. The smallest absolute Gasteiger partial charge is 0.406 e. The third kappa shape index (κ3) is 5.95. The number of carbonyl (C=O) groups is 1. The number of rotatable bonds is 5. The van der Waals surface area contributed by atoms with Crippen LogP contribution in [0.4, 0.5) is 27.6 Å². The van der Waals surface area contributed by atoms with Crippen LogP contribution in [0.2, 0.25) is 0 Å². The maximum absolute atomic E-state index is 13.3. The van der Waals surface area contributed by atoms with Crippen molar-refractivity contribution in [2.75, 3.05) is 11.9 Å². The van der Waals surface area contributed by atoms with Gasteiger partial charge in [0.05, 0.1) is 0 Å². The molecule has 144 valence electrons. The third-order valence-electron chi connectivity index (χ3n) is 3.42. The van der Waals surface area contributed by atoms with E-state index in [1.165, 1.54) is 19.2 Å². The Morgan fingerprint density at radius 3 is 2.15 bits per heavy atom. The van der Waals surface area contributed by atoms with Gasteiger partial charge < -0.3 is 9.64 Å². The number of ether oxygens (including phenoxy) is 1. The Kier molecular flexibility index (Phi) is 6.42. The number of anilines is 1. The summed E-state index contributed by atoms with van der Waals surface area (Å²) in [6, 6.07) is 7.39. The molecule has 4 nitrogen and oxygen atoms in total. The van der Waals surface area contributed by atoms with Crippen LogP contribution in [-0.4, -0.2) is 25.0 Å². The van der Waals surface area contributed by atoms with Crippen LogP contribution in [-0.2, 0) is 11.2 Å². The van der Waals surface area contributed by atoms with Crippen LogP contribution in [0.5, 0.6) is 5.75 Å². The molecule has 0 atom stereocenters. The van der Waals surface area contributed by atoms with E-state index in [0.29, 0.717) is 6.07 Å². The zero-order valence-corrected chi connectivity index (χ0v) is 14.7. The fourth-order valence-corrected chi connectivity index (χ4v) is 2.40. The fourth-order valence-electron chi connectivity index (χ4n) is 2.24. The number of hydrogen-bond donors (Lipinski definition) is 1. The maximum atomic E-state index is 13.3. The van der Waals surface area contributed by atoms with Crippen molar-refractivity contribution in [2.45, 2.75) is 12.8 Å². The summed E-state index contributed by atoms with van der Waals surface area (Å²) in [5.74, 6) is -2.68. The second-order valence-electron chi connectivity index (χ2n) is 5.41. The fraction of sp³-hybridized carbons (Fsp3) is 0.176. The van der Waals surface area contributed by atoms with Crippen molar-refractivity contribution in [3.63, 3.8) is 0 Å². The van der Waals surface area contributed by atoms with Crippen molar-refractivity contribution in [2.24, 2.45) is 4.40 Å². The van der Waals surface area contributed by atoms with E-state index in [2.05, 4.69) is 21.9 Å². The molecular formula is C17H13F5N2O2S. The number of alkyl halides is 3. The van der Waals surface area contributed by atoms with Crippen LogP contribution in [0.1, 0.15) is 5.56 Å². The molecule has 0 fully saturated rings. The van der Waals surface area contributed by atoms with Gasteiger partial charge in [0.15, 0.2) is 0 Å². The van der Waals surface area contributed by atoms with Gasteiger partial charge in [-0.05, 0) is 54.8 Å². The monoisotopic (exact) mass is 404 g/mol. The zero-order chi connectivity index (χ0) is 20.2. The molecule has 0 saturated carbocycles. The Morgan fingerprint density at radius 1 is 1.11 bits per heavy atom. The summed E-state index contributed by atoms with van der Waals surface area (Å²) < 4.78 is 70.4. The highest BCUT2D eigenvalue weighted by Crippen LogP contribution is 2.25. The minimum atomic E-state index is -4.82. The molecule has 0 aliphatic heterocycles. The maximum Gasteiger partial charge on any atom is 0.573 e. The zero-order valence-electron chi connectivity index (χ0n) is 13.8. The molecule has 0 spiro atoms. The number of nitrogens with zero attached hydrogens (tertiary/aromatic N) is 2. The molecule has 10 heteroatoms. The standard InChI is InChI=1S/C17H13F5N2O2S/c1-24(13-2-4-14(5-3-13)26-17(20,21)22)16(25)15(23-27)8-10-6-11(18)9-12(19)7-10/h2-7,9,27H,8H2,1H3. The van der Waals surface area contributed by atoms with Gasteiger partial charge in [0.1, 0.15) is 23.1 Å². The molecule has 1 amide bonds. The lowest BCUT2D eigenvalue weighted by Crippen LogP contribution is -2.34. The minimum Gasteiger partial charge on any atom is -0.406 e. The second kappa shape index (κ2) is 8.38. The highest BCUT2D eigenvalue weighted by molar-refractivity contribution is 7.79. The highest BCUT2D eigenvalue weighted by atomic mass is 32.1. The quantitative estimate of drug-likeness (QED) is 0.457. The Balaban J connectivity index is 2.14. The predicted octanol–water partition coefficient (Wildman–Crippen LogP) is 4.35. The lowest BCUT2D eigenvalue weighted by atomic mass is 10.1. The first kappa shape index (κ1) is 20.7. The molecule has 2 rings (SSSR count). The van der Waals surface area contributed by atoms with E-state index in [1.54, 1.807) is 0 Å². The first-order valence-electron chi connectivity index (χ1n) is 7.39. The molecule has 2 aromatic rings. The summed E-state index contributed by atoms with van der Waals surface area (Å²) in [6.45, 7) is 0. The molecule has 0 unspecified atom stereocenters. The normalized spacial score (nSPS) is 12.0. The topological polar surface area (TPSA) is 41.9 Å². The Labute approximate surface area is 156 Å². The first-order valence-corrected chi connectivity index (χ1v) is 7.79. The van der Waals surface area contributed by atoms with Crippen LogP contribution < -0.4 is 9.64 Å². The largest absolute Gasteiger partial charge is 0.573 e. The number of carbonyl (C=O) groups excluding carboxylic acids is 1. The molecule has 0 bridgehead atoms. The minimum absolute atomic E-state index is 0.110. The van der Waals surface area contributed by atoms with Gasteiger partial charge >= 0.3 is 6.36 Å². The average Bonchev–Trinajstić information content (AvgIpc) is 2.57. The van der Waals surface area contributed by atoms with Crippen molar-refractivity contribution in [1.82, 2.24) is 0 Å². The number of halogens is 5. The molecule has 0 saturated heterocycles. The van der Waals surface area contributed by atoms with Crippen molar-refractivity contribution >= 4 is 30.1 Å². The van der Waals surface area contributed by atoms with Gasteiger partial charge in [0.25, 0.3) is 5.91 Å². The van der Waals surface area contributed by atoms with Crippen molar-refractivity contribution < 1.29 is 31.5 Å². The second-order valence-corrected chi connectivity index (χ2v) is 5.61. The van der Waals surface area contributed by atoms with Gasteiger partial charge in [-0.1, -0.05) is 0 Å². The van der Waals surface area contributed by atoms with E-state index >= 15 is 0 Å². The van der Waals surface area contributed by atoms with Crippen LogP contribution >= 0.6 is 12.8 Å². The van der Waals surface area contributed by atoms with Crippen molar-refractivity contribution in [3.05, 3.63) is 59.7 Å². The van der Waals surface area contributed by atoms with E-state index in [0.717, 1.165) is 29.2 Å². The van der Waals surface area contributed by atoms with Gasteiger partial charge in [0.2, 0.25) is 0 Å². The van der Waals surface area contributed by atoms with E-state index < -0.39 is 29.7 Å². The average molecular weight is 404 g/mol. The number of thiol groups is 1. The van der Waals surface area contributed by atoms with Gasteiger partial charge in [0, 0.05) is 25.2 Å². The van der Waals surface area contributed by atoms with Gasteiger partial charge in [-0.25, -0.2) is 13.2 Å². The van der Waals surface area contributed by atoms with E-state index in [9.17, 15) is 26.7 Å². The molecule has 27 heavy (non-hydrogen) atoms. The van der Waals surface area contributed by atoms with E-state index in [1.807, 2.05) is 0 Å². The molecule has 0 aromatic heterocycles. The number of hydrogen-bond acceptors (Lipinski definition) is 4. The molecule has 0 heterocycles. The Morgan fingerprint density at radius 2 is 1.67 bits per heavy atom. The summed E-state index contributed by atoms with van der Waals surface area (Å²) in [6.07, 6.45) is -5.01. The SMILES string of the molecule is CN(C(=O)C(Cc1cc(F)cc(F)c1)=NS)c1ccc(OC(F)(F)F)cc1. The summed E-state index contributed by atoms with van der Waals surface area (Å²) in [4.78, 5) is 13.6. The summed E-state index contributed by atoms with van der Waals surface area (Å²) >= 11 is 3.72. The lowest BCUT2D eigenvalue weighted by molar-refractivity contribution is -0.274. The molecule has 2 aromatic carbocycles. The van der Waals surface area contributed by atoms with Crippen molar-refractivity contribution in [1.29, 1.82) is 0 Å². The lowest BCUT2D eigenvalue weighted by Gasteiger charge is -2.19. The summed E-state index contributed by atoms with van der Waals surface area (Å²) in [7, 11) is 1.37. The van der Waals surface area contributed by atoms with Gasteiger partial charge in [-0.15, -0.1) is 13.2 Å². The van der Waals surface area contributed by atoms with Gasteiger partial charge in [-0.3, -0.25) is 4.79 Å². The summed E-state index contributed by atoms with van der Waals surface area (Å²) in [5.41, 5.74) is 0.326. The highest BCUT2D eigenvalue weighted by Gasteiger charge is 2.31. The molecule has 0 aliphatic carbocycles. The van der Waals surface area contributed by atoms with Crippen LogP contribution in [0.3, 0.4) is 0 Å². The Bertz CT molecular complexity index is 833.